The summed E-state index contributed by atoms with van der Waals surface area (Å²) in [5.41, 5.74) is 2.35. The van der Waals surface area contributed by atoms with Crippen LogP contribution >= 0.6 is 0 Å². The number of carbonyl (C=O) groups excluding carboxylic acids is 1. The van der Waals surface area contributed by atoms with Gasteiger partial charge in [0.2, 0.25) is 0 Å². The SMILES string of the molecule is COc1cccc2cc(C(=O)NC3CCC(n4nc5c(cc4=O)COCC5)CC3)oc12. The van der Waals surface area contributed by atoms with Gasteiger partial charge in [0.05, 0.1) is 32.1 Å². The van der Waals surface area contributed by atoms with Gasteiger partial charge in [0, 0.05) is 29.5 Å². The van der Waals surface area contributed by atoms with E-state index in [0.29, 0.717) is 24.5 Å². The number of aromatic nitrogens is 2. The van der Waals surface area contributed by atoms with Crippen molar-refractivity contribution in [3.63, 3.8) is 0 Å². The highest BCUT2D eigenvalue weighted by molar-refractivity contribution is 5.97. The predicted molar refractivity (Wildman–Crippen MR) is 113 cm³/mol. The molecule has 0 bridgehead atoms. The first-order valence-corrected chi connectivity index (χ1v) is 10.7. The summed E-state index contributed by atoms with van der Waals surface area (Å²) in [7, 11) is 1.58. The van der Waals surface area contributed by atoms with Crippen molar-refractivity contribution in [3.8, 4) is 5.75 Å². The van der Waals surface area contributed by atoms with Crippen LogP contribution in [0.5, 0.6) is 5.75 Å². The number of nitrogens with zero attached hydrogens (tertiary/aromatic N) is 2. The Kier molecular flexibility index (Phi) is 5.23. The van der Waals surface area contributed by atoms with Gasteiger partial charge < -0.3 is 19.2 Å². The van der Waals surface area contributed by atoms with E-state index in [9.17, 15) is 9.59 Å². The molecule has 5 rings (SSSR count). The molecule has 1 aromatic carbocycles. The van der Waals surface area contributed by atoms with Crippen molar-refractivity contribution in [2.45, 2.75) is 50.8 Å². The van der Waals surface area contributed by atoms with Crippen LogP contribution in [-0.4, -0.2) is 35.4 Å². The number of rotatable bonds is 4. The number of para-hydroxylation sites is 1. The smallest absolute Gasteiger partial charge is 0.287 e. The Hall–Kier alpha value is -3.13. The summed E-state index contributed by atoms with van der Waals surface area (Å²) in [6.07, 6.45) is 3.90. The molecule has 0 atom stereocenters. The molecule has 2 aliphatic rings. The number of methoxy groups -OCH3 is 1. The highest BCUT2D eigenvalue weighted by Gasteiger charge is 2.27. The van der Waals surface area contributed by atoms with Gasteiger partial charge in [0.15, 0.2) is 17.1 Å². The number of furan rings is 1. The normalized spacial score (nSPS) is 20.9. The van der Waals surface area contributed by atoms with Gasteiger partial charge in [-0.3, -0.25) is 9.59 Å². The second kappa shape index (κ2) is 8.19. The van der Waals surface area contributed by atoms with Gasteiger partial charge in [-0.25, -0.2) is 4.68 Å². The first-order valence-electron chi connectivity index (χ1n) is 10.7. The van der Waals surface area contributed by atoms with Gasteiger partial charge in [-0.1, -0.05) is 12.1 Å². The zero-order chi connectivity index (χ0) is 21.4. The van der Waals surface area contributed by atoms with Gasteiger partial charge in [-0.05, 0) is 37.8 Å². The van der Waals surface area contributed by atoms with Gasteiger partial charge in [-0.2, -0.15) is 5.10 Å². The predicted octanol–water partition coefficient (Wildman–Crippen LogP) is 2.98. The molecule has 3 aromatic rings. The van der Waals surface area contributed by atoms with Crippen molar-refractivity contribution in [3.05, 3.63) is 57.7 Å². The molecule has 8 heteroatoms. The first kappa shape index (κ1) is 19.8. The van der Waals surface area contributed by atoms with E-state index >= 15 is 0 Å². The van der Waals surface area contributed by atoms with E-state index in [1.165, 1.54) is 0 Å². The van der Waals surface area contributed by atoms with Crippen molar-refractivity contribution >= 4 is 16.9 Å². The molecule has 31 heavy (non-hydrogen) atoms. The summed E-state index contributed by atoms with van der Waals surface area (Å²) in [6.45, 7) is 1.11. The monoisotopic (exact) mass is 423 g/mol. The van der Waals surface area contributed by atoms with E-state index in [2.05, 4.69) is 10.4 Å². The third-order valence-electron chi connectivity index (χ3n) is 6.19. The second-order valence-corrected chi connectivity index (χ2v) is 8.17. The second-order valence-electron chi connectivity index (χ2n) is 8.17. The van der Waals surface area contributed by atoms with Crippen LogP contribution < -0.4 is 15.6 Å². The van der Waals surface area contributed by atoms with Crippen LogP contribution in [-0.2, 0) is 17.8 Å². The zero-order valence-electron chi connectivity index (χ0n) is 17.4. The third-order valence-corrected chi connectivity index (χ3v) is 6.19. The summed E-state index contributed by atoms with van der Waals surface area (Å²) < 4.78 is 18.1. The molecule has 1 N–H and O–H groups in total. The van der Waals surface area contributed by atoms with Crippen LogP contribution in [0.3, 0.4) is 0 Å². The van der Waals surface area contributed by atoms with Crippen LogP contribution in [0, 0.1) is 0 Å². The number of hydrogen-bond acceptors (Lipinski definition) is 6. The lowest BCUT2D eigenvalue weighted by atomic mass is 9.91. The molecule has 0 unspecified atom stereocenters. The highest BCUT2D eigenvalue weighted by atomic mass is 16.5. The van der Waals surface area contributed by atoms with Crippen molar-refractivity contribution < 1.29 is 18.7 Å². The number of hydrogen-bond donors (Lipinski definition) is 1. The van der Waals surface area contributed by atoms with E-state index in [1.54, 1.807) is 30.0 Å². The van der Waals surface area contributed by atoms with Gasteiger partial charge in [0.1, 0.15) is 0 Å². The van der Waals surface area contributed by atoms with Crippen LogP contribution in [0.4, 0.5) is 0 Å². The summed E-state index contributed by atoms with van der Waals surface area (Å²) in [4.78, 5) is 25.2. The van der Waals surface area contributed by atoms with E-state index < -0.39 is 0 Å². The molecule has 1 fully saturated rings. The molecule has 1 aliphatic carbocycles. The number of ether oxygens (including phenoxy) is 2. The highest BCUT2D eigenvalue weighted by Crippen LogP contribution is 2.30. The fraction of sp³-hybridized carbons (Fsp3) is 0.435. The first-order chi connectivity index (χ1) is 15.1. The molecule has 0 saturated heterocycles. The lowest BCUT2D eigenvalue weighted by molar-refractivity contribution is 0.0894. The molecule has 2 aromatic heterocycles. The van der Waals surface area contributed by atoms with E-state index in [4.69, 9.17) is 13.9 Å². The molecule has 0 spiro atoms. The Balaban J connectivity index is 1.24. The molecule has 1 aliphatic heterocycles. The Bertz CT molecular complexity index is 1170. The maximum absolute atomic E-state index is 12.7. The van der Waals surface area contributed by atoms with Gasteiger partial charge in [-0.15, -0.1) is 0 Å². The topological polar surface area (TPSA) is 95.6 Å². The molecule has 3 heterocycles. The maximum atomic E-state index is 12.7. The molecule has 162 valence electrons. The molecule has 8 nitrogen and oxygen atoms in total. The van der Waals surface area contributed by atoms with E-state index in [1.807, 2.05) is 12.1 Å². The third kappa shape index (κ3) is 3.83. The Labute approximate surface area is 179 Å². The van der Waals surface area contributed by atoms with Crippen LogP contribution in [0.15, 0.2) is 39.5 Å². The number of benzene rings is 1. The number of amides is 1. The molecule has 0 radical (unpaired) electrons. The average molecular weight is 423 g/mol. The molecule has 1 saturated carbocycles. The van der Waals surface area contributed by atoms with E-state index in [0.717, 1.165) is 48.7 Å². The van der Waals surface area contributed by atoms with Gasteiger partial charge >= 0.3 is 0 Å². The van der Waals surface area contributed by atoms with Gasteiger partial charge in [0.25, 0.3) is 11.5 Å². The molecular weight excluding hydrogens is 398 g/mol. The Morgan fingerprint density at radius 1 is 1.23 bits per heavy atom. The summed E-state index contributed by atoms with van der Waals surface area (Å²) >= 11 is 0. The minimum atomic E-state index is -0.231. The lowest BCUT2D eigenvalue weighted by Gasteiger charge is -2.30. The molecule has 1 amide bonds. The number of nitrogens with one attached hydrogen (secondary N) is 1. The minimum absolute atomic E-state index is 0.0422. The van der Waals surface area contributed by atoms with Crippen LogP contribution in [0.1, 0.15) is 53.5 Å². The number of fused-ring (bicyclic) bond motifs is 2. The summed E-state index contributed by atoms with van der Waals surface area (Å²) in [6, 6.07) is 9.05. The van der Waals surface area contributed by atoms with E-state index in [-0.39, 0.29) is 29.3 Å². The summed E-state index contributed by atoms with van der Waals surface area (Å²) in [5.74, 6) is 0.647. The zero-order valence-corrected chi connectivity index (χ0v) is 17.4. The molecular formula is C23H25N3O5. The van der Waals surface area contributed by atoms with Crippen LogP contribution in [0.2, 0.25) is 0 Å². The fourth-order valence-corrected chi connectivity index (χ4v) is 4.52. The average Bonchev–Trinajstić information content (AvgIpc) is 3.24. The maximum Gasteiger partial charge on any atom is 0.287 e. The largest absolute Gasteiger partial charge is 0.493 e. The van der Waals surface area contributed by atoms with Crippen molar-refractivity contribution in [1.29, 1.82) is 0 Å². The van der Waals surface area contributed by atoms with Crippen molar-refractivity contribution in [1.82, 2.24) is 15.1 Å². The lowest BCUT2D eigenvalue weighted by Crippen LogP contribution is -2.40. The minimum Gasteiger partial charge on any atom is -0.493 e. The summed E-state index contributed by atoms with van der Waals surface area (Å²) in [5, 5.41) is 8.52. The van der Waals surface area contributed by atoms with Crippen LogP contribution in [0.25, 0.3) is 11.0 Å². The Morgan fingerprint density at radius 2 is 2.06 bits per heavy atom. The van der Waals surface area contributed by atoms with Crippen molar-refractivity contribution in [2.75, 3.05) is 13.7 Å². The van der Waals surface area contributed by atoms with Crippen molar-refractivity contribution in [2.24, 2.45) is 0 Å². The Morgan fingerprint density at radius 3 is 2.87 bits per heavy atom. The number of carbonyl (C=O) groups is 1. The quantitative estimate of drug-likeness (QED) is 0.693. The standard InChI is InChI=1S/C23H25N3O5/c1-29-19-4-2-3-14-11-20(31-22(14)19)23(28)24-16-5-7-17(8-6-16)26-21(27)12-15-13-30-10-9-18(15)25-26/h2-4,11-12,16-17H,5-10,13H2,1H3,(H,24,28). The fourth-order valence-electron chi connectivity index (χ4n) is 4.52.